The molecule has 1 aliphatic heterocycles. The summed E-state index contributed by atoms with van der Waals surface area (Å²) in [6, 6.07) is 106. The molecule has 1 aliphatic rings. The molecular formula is C72H47NOSi-. The highest BCUT2D eigenvalue weighted by Gasteiger charge is 2.37. The molecule has 14 aromatic rings. The molecule has 0 aliphatic carbocycles. The first-order valence-corrected chi connectivity index (χ1v) is 27.9. The van der Waals surface area contributed by atoms with Crippen LogP contribution in [0.4, 0.5) is 0 Å². The maximum Gasteiger partial charge on any atom is 0.143 e. The Kier molecular flexibility index (Phi) is 9.94. The molecule has 0 N–H and O–H groups in total. The Labute approximate surface area is 436 Å². The quantitative estimate of drug-likeness (QED) is 0.139. The van der Waals surface area contributed by atoms with Crippen molar-refractivity contribution in [3.63, 3.8) is 0 Å². The highest BCUT2D eigenvalue weighted by molar-refractivity contribution is 7.22. The molecule has 3 heteroatoms. The number of fused-ring (bicyclic) bond motifs is 9. The van der Waals surface area contributed by atoms with Crippen molar-refractivity contribution in [1.29, 1.82) is 0 Å². The average Bonchev–Trinajstić information content (AvgIpc) is 4.18. The first-order chi connectivity index (χ1) is 37.2. The van der Waals surface area contributed by atoms with Crippen LogP contribution in [0.5, 0.6) is 0 Å². The van der Waals surface area contributed by atoms with E-state index in [1.54, 1.807) is 0 Å². The van der Waals surface area contributed by atoms with Gasteiger partial charge in [-0.1, -0.05) is 260 Å². The van der Waals surface area contributed by atoms with Gasteiger partial charge in [-0.3, -0.25) is 0 Å². The lowest BCUT2D eigenvalue weighted by Crippen LogP contribution is -2.72. The average molecular weight is 970 g/mol. The molecular weight excluding hydrogens is 923 g/mol. The second-order valence-corrected chi connectivity index (χ2v) is 23.7. The number of furan rings is 1. The number of hydrogen-bond acceptors (Lipinski definition) is 1. The fourth-order valence-electron chi connectivity index (χ4n) is 12.4. The van der Waals surface area contributed by atoms with E-state index in [-0.39, 0.29) is 0 Å². The highest BCUT2D eigenvalue weighted by atomic mass is 28.3. The van der Waals surface area contributed by atoms with Crippen LogP contribution in [0.25, 0.3) is 116 Å². The van der Waals surface area contributed by atoms with Crippen LogP contribution < -0.4 is 20.7 Å². The number of nitrogens with zero attached hydrogens (tertiary/aromatic N) is 1. The molecule has 0 saturated carbocycles. The summed E-state index contributed by atoms with van der Waals surface area (Å²) in [6.07, 6.45) is 0. The maximum absolute atomic E-state index is 6.68. The SMILES string of the molecule is c1ccc(-c2ccc(-c3ccc4c(c3)c3cc(-c5ccc(-c6ccccc6)cc5)ccc3n4-c3ccc4c(c3)[Si-](c3ccccc3)(c3ccccc3)c3cc(-c5cccc6c5oc5ccccc56)ccc3-4)cc2)cc1. The Morgan fingerprint density at radius 2 is 0.693 bits per heavy atom. The molecule has 0 saturated heterocycles. The van der Waals surface area contributed by atoms with Gasteiger partial charge in [0.25, 0.3) is 0 Å². The van der Waals surface area contributed by atoms with Crippen molar-refractivity contribution in [3.05, 3.63) is 285 Å². The van der Waals surface area contributed by atoms with Crippen LogP contribution >= 0.6 is 0 Å². The van der Waals surface area contributed by atoms with E-state index in [0.29, 0.717) is 0 Å². The molecule has 3 heterocycles. The standard InChI is InChI=1S/C72H47NOSi/c1-5-16-48(17-6-1)50-28-32-52(33-29-50)54-37-42-67-65(44-54)66-45-55(53-34-30-51(31-35-53)49-18-7-2-8-19-49)38-43-68(66)73(67)57-39-41-63-62-40-36-56(60-25-15-26-64-61-24-13-14-27-69(61)74-72(60)64)46-70(62)75(71(63)47-57,58-20-9-3-10-21-58)59-22-11-4-12-23-59/h1-47H/q-1. The fraction of sp³-hybridized carbons (Fsp3) is 0. The van der Waals surface area contributed by atoms with E-state index < -0.39 is 8.07 Å². The molecule has 2 nitrogen and oxygen atoms in total. The van der Waals surface area contributed by atoms with E-state index in [4.69, 9.17) is 4.42 Å². The molecule has 15 rings (SSSR count). The fourth-order valence-corrected chi connectivity index (χ4v) is 17.6. The Morgan fingerprint density at radius 1 is 0.267 bits per heavy atom. The van der Waals surface area contributed by atoms with Crippen LogP contribution in [-0.2, 0) is 0 Å². The third-order valence-electron chi connectivity index (χ3n) is 15.9. The van der Waals surface area contributed by atoms with E-state index in [9.17, 15) is 0 Å². The predicted octanol–water partition coefficient (Wildman–Crippen LogP) is 16.4. The van der Waals surface area contributed by atoms with Crippen LogP contribution in [-0.4, -0.2) is 12.6 Å². The molecule has 12 aromatic carbocycles. The van der Waals surface area contributed by atoms with E-state index >= 15 is 0 Å². The van der Waals surface area contributed by atoms with Crippen molar-refractivity contribution in [3.8, 4) is 72.4 Å². The summed E-state index contributed by atoms with van der Waals surface area (Å²) in [7, 11) is -2.98. The first-order valence-electron chi connectivity index (χ1n) is 25.9. The molecule has 75 heavy (non-hydrogen) atoms. The van der Waals surface area contributed by atoms with E-state index in [2.05, 4.69) is 290 Å². The summed E-state index contributed by atoms with van der Waals surface area (Å²) < 4.78 is 9.20. The monoisotopic (exact) mass is 969 g/mol. The Morgan fingerprint density at radius 3 is 1.25 bits per heavy atom. The van der Waals surface area contributed by atoms with Gasteiger partial charge in [0, 0.05) is 32.8 Å². The van der Waals surface area contributed by atoms with Gasteiger partial charge in [-0.25, -0.2) is 0 Å². The minimum absolute atomic E-state index is 0.908. The van der Waals surface area contributed by atoms with E-state index in [1.807, 2.05) is 0 Å². The topological polar surface area (TPSA) is 18.1 Å². The highest BCUT2D eigenvalue weighted by Crippen LogP contribution is 2.41. The van der Waals surface area contributed by atoms with Gasteiger partial charge in [-0.2, -0.15) is 20.7 Å². The minimum atomic E-state index is -2.98. The molecule has 0 atom stereocenters. The van der Waals surface area contributed by atoms with Crippen molar-refractivity contribution in [2.24, 2.45) is 0 Å². The van der Waals surface area contributed by atoms with E-state index in [0.717, 1.165) is 38.8 Å². The lowest BCUT2D eigenvalue weighted by Gasteiger charge is -2.44. The second kappa shape index (κ2) is 17.3. The Hall–Kier alpha value is -9.54. The van der Waals surface area contributed by atoms with Crippen molar-refractivity contribution in [2.75, 3.05) is 0 Å². The maximum atomic E-state index is 6.68. The normalized spacial score (nSPS) is 12.6. The summed E-state index contributed by atoms with van der Waals surface area (Å²) in [5, 5.41) is 10.2. The van der Waals surface area contributed by atoms with Crippen LogP contribution in [0, 0.1) is 0 Å². The van der Waals surface area contributed by atoms with Gasteiger partial charge in [-0.05, 0) is 94.5 Å². The molecule has 351 valence electrons. The van der Waals surface area contributed by atoms with Crippen LogP contribution in [0.2, 0.25) is 0 Å². The molecule has 0 radical (unpaired) electrons. The van der Waals surface area contributed by atoms with Crippen LogP contribution in [0.1, 0.15) is 0 Å². The third-order valence-corrected chi connectivity index (χ3v) is 20.8. The van der Waals surface area contributed by atoms with Gasteiger partial charge >= 0.3 is 0 Å². The summed E-state index contributed by atoms with van der Waals surface area (Å²) in [6.45, 7) is 0. The molecule has 2 aromatic heterocycles. The zero-order chi connectivity index (χ0) is 49.5. The van der Waals surface area contributed by atoms with Gasteiger partial charge in [0.2, 0.25) is 0 Å². The number of benzene rings is 12. The van der Waals surface area contributed by atoms with Gasteiger partial charge in [0.1, 0.15) is 11.2 Å². The van der Waals surface area contributed by atoms with Crippen molar-refractivity contribution < 1.29 is 4.42 Å². The number of para-hydroxylation sites is 2. The van der Waals surface area contributed by atoms with Crippen molar-refractivity contribution in [1.82, 2.24) is 4.57 Å². The van der Waals surface area contributed by atoms with Gasteiger partial charge in [-0.15, -0.1) is 0 Å². The number of rotatable bonds is 8. The van der Waals surface area contributed by atoms with Crippen molar-refractivity contribution >= 4 is 72.6 Å². The molecule has 0 fully saturated rings. The summed E-state index contributed by atoms with van der Waals surface area (Å²) >= 11 is 0. The third kappa shape index (κ3) is 6.86. The predicted molar refractivity (Wildman–Crippen MR) is 318 cm³/mol. The summed E-state index contributed by atoms with van der Waals surface area (Å²) in [4.78, 5) is 0. The van der Waals surface area contributed by atoms with E-state index in [1.165, 1.54) is 98.2 Å². The molecule has 0 amide bonds. The van der Waals surface area contributed by atoms with Crippen LogP contribution in [0.15, 0.2) is 290 Å². The second-order valence-electron chi connectivity index (χ2n) is 19.9. The smallest absolute Gasteiger partial charge is 0.143 e. The minimum Gasteiger partial charge on any atom is -0.455 e. The van der Waals surface area contributed by atoms with Crippen LogP contribution in [0.3, 0.4) is 0 Å². The summed E-state index contributed by atoms with van der Waals surface area (Å²) in [5.74, 6) is 0. The van der Waals surface area contributed by atoms with Gasteiger partial charge in [0.15, 0.2) is 0 Å². The Bertz CT molecular complexity index is 4300. The molecule has 0 unspecified atom stereocenters. The summed E-state index contributed by atoms with van der Waals surface area (Å²) in [5.41, 5.74) is 19.8. The zero-order valence-corrected chi connectivity index (χ0v) is 42.0. The zero-order valence-electron chi connectivity index (χ0n) is 41.0. The Balaban J connectivity index is 0.936. The first kappa shape index (κ1) is 43.1. The van der Waals surface area contributed by atoms with Gasteiger partial charge < -0.3 is 8.98 Å². The lowest BCUT2D eigenvalue weighted by molar-refractivity contribution is 0.670. The largest absolute Gasteiger partial charge is 0.455 e. The number of hydrogen-bond donors (Lipinski definition) is 0. The van der Waals surface area contributed by atoms with Gasteiger partial charge in [0.05, 0.1) is 11.0 Å². The molecule has 0 bridgehead atoms. The van der Waals surface area contributed by atoms with Crippen molar-refractivity contribution in [2.45, 2.75) is 0 Å². The lowest BCUT2D eigenvalue weighted by atomic mass is 9.97. The number of aromatic nitrogens is 1. The molecule has 0 spiro atoms.